The van der Waals surface area contributed by atoms with Crippen molar-refractivity contribution in [1.82, 2.24) is 9.80 Å². The van der Waals surface area contributed by atoms with Crippen LogP contribution in [-0.2, 0) is 28.5 Å². The molecule has 0 aromatic heterocycles. The number of esters is 1. The summed E-state index contributed by atoms with van der Waals surface area (Å²) >= 11 is 0. The van der Waals surface area contributed by atoms with Gasteiger partial charge in [0.15, 0.2) is 6.04 Å². The van der Waals surface area contributed by atoms with Crippen molar-refractivity contribution in [1.29, 1.82) is 0 Å². The maximum atomic E-state index is 12.3. The van der Waals surface area contributed by atoms with Crippen molar-refractivity contribution in [2.75, 3.05) is 7.11 Å². The minimum atomic E-state index is -0.916. The first-order valence-electron chi connectivity index (χ1n) is 12.2. The molecule has 2 amide bonds. The largest absolute Gasteiger partial charge is 0.467 e. The molecule has 0 aromatic carbocycles. The van der Waals surface area contributed by atoms with Gasteiger partial charge in [-0.05, 0) is 83.1 Å². The summed E-state index contributed by atoms with van der Waals surface area (Å²) in [6.07, 6.45) is 0.252. The van der Waals surface area contributed by atoms with Crippen LogP contribution in [0, 0.1) is 0 Å². The van der Waals surface area contributed by atoms with Crippen molar-refractivity contribution in [3.8, 4) is 0 Å². The zero-order valence-corrected chi connectivity index (χ0v) is 24.3. The predicted octanol–water partition coefficient (Wildman–Crippen LogP) is 4.85. The number of hydrogen-bond donors (Lipinski definition) is 0. The van der Waals surface area contributed by atoms with Crippen LogP contribution in [-0.4, -0.2) is 82.0 Å². The Bertz CT molecular complexity index is 825. The van der Waals surface area contributed by atoms with Crippen LogP contribution in [0.5, 0.6) is 0 Å². The lowest BCUT2D eigenvalue weighted by atomic mass is 10.1. The number of amides is 2. The van der Waals surface area contributed by atoms with Gasteiger partial charge < -0.3 is 23.7 Å². The second-order valence-corrected chi connectivity index (χ2v) is 11.9. The molecule has 36 heavy (non-hydrogen) atoms. The molecule has 0 spiro atoms. The van der Waals surface area contributed by atoms with E-state index in [-0.39, 0.29) is 18.2 Å². The quantitative estimate of drug-likeness (QED) is 0.293. The van der Waals surface area contributed by atoms with E-state index < -0.39 is 46.9 Å². The molecular formula is C26H46N2O8. The van der Waals surface area contributed by atoms with E-state index >= 15 is 0 Å². The normalized spacial score (nSPS) is 27.0. The molecule has 10 heteroatoms. The second kappa shape index (κ2) is 11.0. The Kier molecular flexibility index (Phi) is 9.65. The topological polar surface area (TPSA) is 104 Å². The summed E-state index contributed by atoms with van der Waals surface area (Å²) in [4.78, 5) is 39.2. The van der Waals surface area contributed by atoms with E-state index in [1.165, 1.54) is 12.0 Å². The van der Waals surface area contributed by atoms with Gasteiger partial charge in [0.05, 0.1) is 25.4 Å². The van der Waals surface area contributed by atoms with Crippen LogP contribution in [0.1, 0.15) is 83.1 Å². The molecule has 2 fully saturated rings. The van der Waals surface area contributed by atoms with Crippen molar-refractivity contribution in [2.45, 2.75) is 130 Å². The summed E-state index contributed by atoms with van der Waals surface area (Å²) in [5.74, 6) is -0.510. The number of nitrogens with zero attached hydrogens (tertiary/aromatic N) is 2. The smallest absolute Gasteiger partial charge is 0.413 e. The van der Waals surface area contributed by atoms with Crippen molar-refractivity contribution >= 4 is 18.2 Å². The SMILES string of the molecule is C=C[C@@H]1[C@@H](C)OC(C)(C)N1C(=O)OC(C)(C)C.COC(=O)[C@@H]1[C@@H](C)OC(C)(C)N1C(=O)OC(C)(C)C. The maximum Gasteiger partial charge on any atom is 0.413 e. The third-order valence-electron chi connectivity index (χ3n) is 5.48. The molecule has 0 unspecified atom stereocenters. The van der Waals surface area contributed by atoms with Crippen molar-refractivity contribution in [2.24, 2.45) is 0 Å². The van der Waals surface area contributed by atoms with Gasteiger partial charge in [0.25, 0.3) is 0 Å². The summed E-state index contributed by atoms with van der Waals surface area (Å²) in [6.45, 7) is 25.4. The number of rotatable bonds is 2. The van der Waals surface area contributed by atoms with Crippen LogP contribution >= 0.6 is 0 Å². The number of carbonyl (C=O) groups excluding carboxylic acids is 3. The molecule has 0 radical (unpaired) electrons. The van der Waals surface area contributed by atoms with E-state index in [1.807, 2.05) is 41.5 Å². The average molecular weight is 515 g/mol. The Morgan fingerprint density at radius 2 is 1.19 bits per heavy atom. The molecule has 0 aliphatic carbocycles. The van der Waals surface area contributed by atoms with E-state index in [2.05, 4.69) is 6.58 Å². The van der Waals surface area contributed by atoms with E-state index in [4.69, 9.17) is 23.7 Å². The first kappa shape index (κ1) is 31.7. The molecule has 0 N–H and O–H groups in total. The molecule has 4 atom stereocenters. The summed E-state index contributed by atoms with van der Waals surface area (Å²) in [7, 11) is 1.29. The van der Waals surface area contributed by atoms with Crippen molar-refractivity contribution < 1.29 is 38.1 Å². The summed E-state index contributed by atoms with van der Waals surface area (Å²) in [6, 6.07) is -0.949. The Labute approximate surface area is 216 Å². The minimum absolute atomic E-state index is 0.0741. The Morgan fingerprint density at radius 3 is 1.58 bits per heavy atom. The molecule has 208 valence electrons. The summed E-state index contributed by atoms with van der Waals surface area (Å²) < 4.78 is 26.9. The lowest BCUT2D eigenvalue weighted by molar-refractivity contribution is -0.147. The minimum Gasteiger partial charge on any atom is -0.467 e. The van der Waals surface area contributed by atoms with Crippen LogP contribution in [0.4, 0.5) is 9.59 Å². The second-order valence-electron chi connectivity index (χ2n) is 11.9. The Balaban J connectivity index is 0.000000362. The molecule has 10 nitrogen and oxygen atoms in total. The van der Waals surface area contributed by atoms with Crippen LogP contribution < -0.4 is 0 Å². The highest BCUT2D eigenvalue weighted by atomic mass is 16.6. The molecule has 0 bridgehead atoms. The van der Waals surface area contributed by atoms with Crippen molar-refractivity contribution in [3.05, 3.63) is 12.7 Å². The number of carbonyl (C=O) groups is 3. The van der Waals surface area contributed by atoms with Gasteiger partial charge in [0.2, 0.25) is 0 Å². The fourth-order valence-corrected chi connectivity index (χ4v) is 4.28. The molecule has 0 aromatic rings. The van der Waals surface area contributed by atoms with Gasteiger partial charge in [0, 0.05) is 0 Å². The van der Waals surface area contributed by atoms with E-state index in [0.29, 0.717) is 0 Å². The third kappa shape index (κ3) is 7.83. The summed E-state index contributed by atoms with van der Waals surface area (Å²) in [5.41, 5.74) is -2.73. The van der Waals surface area contributed by atoms with Crippen LogP contribution in [0.15, 0.2) is 12.7 Å². The lowest BCUT2D eigenvalue weighted by Crippen LogP contribution is -2.53. The molecule has 2 heterocycles. The molecule has 2 aliphatic heterocycles. The van der Waals surface area contributed by atoms with Gasteiger partial charge in [-0.25, -0.2) is 14.4 Å². The molecule has 2 aliphatic rings. The maximum absolute atomic E-state index is 12.3. The van der Waals surface area contributed by atoms with Gasteiger partial charge >= 0.3 is 18.2 Å². The average Bonchev–Trinajstić information content (AvgIpc) is 3.04. The zero-order chi connectivity index (χ0) is 28.4. The van der Waals surface area contributed by atoms with Crippen LogP contribution in [0.25, 0.3) is 0 Å². The van der Waals surface area contributed by atoms with E-state index in [0.717, 1.165) is 0 Å². The Morgan fingerprint density at radius 1 is 0.806 bits per heavy atom. The standard InChI is InChI=1S/C13H23NO5.C13H23NO3/c1-8-9(10(15)17-7)14(13(5,6)18-8)11(16)19-12(2,3)4;1-8-10-9(2)16-13(6,7)14(10)11(15)17-12(3,4)5/h8-9H,1-7H3;8-10H,1H2,2-7H3/t8-,9+;9-,10-/m11/s1. The lowest BCUT2D eigenvalue weighted by Gasteiger charge is -2.34. The first-order valence-corrected chi connectivity index (χ1v) is 12.2. The van der Waals surface area contributed by atoms with E-state index in [1.54, 1.807) is 52.5 Å². The van der Waals surface area contributed by atoms with E-state index in [9.17, 15) is 14.4 Å². The van der Waals surface area contributed by atoms with Crippen molar-refractivity contribution in [3.63, 3.8) is 0 Å². The zero-order valence-electron chi connectivity index (χ0n) is 24.3. The molecular weight excluding hydrogens is 468 g/mol. The number of ether oxygens (including phenoxy) is 5. The first-order chi connectivity index (χ1) is 16.1. The highest BCUT2D eigenvalue weighted by molar-refractivity contribution is 5.83. The Hall–Kier alpha value is -2.33. The summed E-state index contributed by atoms with van der Waals surface area (Å²) in [5, 5.41) is 0. The van der Waals surface area contributed by atoms with Gasteiger partial charge in [-0.1, -0.05) is 6.08 Å². The number of methoxy groups -OCH3 is 1. The van der Waals surface area contributed by atoms with Gasteiger partial charge in [-0.3, -0.25) is 9.80 Å². The highest BCUT2D eigenvalue weighted by Gasteiger charge is 2.53. The monoisotopic (exact) mass is 514 g/mol. The van der Waals surface area contributed by atoms with Gasteiger partial charge in [0.1, 0.15) is 22.7 Å². The fraction of sp³-hybridized carbons (Fsp3) is 0.808. The fourth-order valence-electron chi connectivity index (χ4n) is 4.28. The van der Waals surface area contributed by atoms with Crippen LogP contribution in [0.3, 0.4) is 0 Å². The molecule has 0 saturated carbocycles. The molecule has 2 rings (SSSR count). The highest BCUT2D eigenvalue weighted by Crippen LogP contribution is 2.35. The molecule has 2 saturated heterocycles. The van der Waals surface area contributed by atoms with Gasteiger partial charge in [-0.2, -0.15) is 0 Å². The van der Waals surface area contributed by atoms with Gasteiger partial charge in [-0.15, -0.1) is 6.58 Å². The third-order valence-corrected chi connectivity index (χ3v) is 5.48. The van der Waals surface area contributed by atoms with Crippen LogP contribution in [0.2, 0.25) is 0 Å². The predicted molar refractivity (Wildman–Crippen MR) is 135 cm³/mol. The number of hydrogen-bond acceptors (Lipinski definition) is 8.